The number of carbonyl (C=O) groups is 2. The maximum absolute atomic E-state index is 13.4. The Hall–Kier alpha value is -1.81. The predicted molar refractivity (Wildman–Crippen MR) is 113 cm³/mol. The van der Waals surface area contributed by atoms with Crippen LogP contribution in [0, 0.1) is 11.3 Å². The van der Waals surface area contributed by atoms with Crippen molar-refractivity contribution in [2.75, 3.05) is 19.0 Å². The SMILES string of the molecule is CC=CC1(C(CCCl)C(=O)OC(C)(C)C)CCN(CCc2ccccc2)C1=O. The molecule has 0 aromatic heterocycles. The number of hydrogen-bond donors (Lipinski definition) is 0. The number of rotatable bonds is 8. The van der Waals surface area contributed by atoms with Gasteiger partial charge in [-0.1, -0.05) is 42.5 Å². The van der Waals surface area contributed by atoms with Crippen molar-refractivity contribution in [3.05, 3.63) is 48.0 Å². The van der Waals surface area contributed by atoms with Gasteiger partial charge in [-0.25, -0.2) is 0 Å². The number of likely N-dealkylation sites (tertiary alicyclic amines) is 1. The number of benzene rings is 1. The van der Waals surface area contributed by atoms with Crippen LogP contribution >= 0.6 is 11.6 Å². The summed E-state index contributed by atoms with van der Waals surface area (Å²) in [4.78, 5) is 28.3. The van der Waals surface area contributed by atoms with E-state index in [0.717, 1.165) is 6.42 Å². The molecule has 28 heavy (non-hydrogen) atoms. The summed E-state index contributed by atoms with van der Waals surface area (Å²) in [6, 6.07) is 10.1. The van der Waals surface area contributed by atoms with Gasteiger partial charge in [0.05, 0.1) is 11.3 Å². The fourth-order valence-corrected chi connectivity index (χ4v) is 4.12. The number of carbonyl (C=O) groups excluding carboxylic acids is 2. The fourth-order valence-electron chi connectivity index (χ4n) is 3.90. The van der Waals surface area contributed by atoms with E-state index in [0.29, 0.717) is 31.8 Å². The van der Waals surface area contributed by atoms with E-state index in [-0.39, 0.29) is 11.9 Å². The van der Waals surface area contributed by atoms with Crippen LogP contribution in [0.1, 0.15) is 46.1 Å². The number of nitrogens with zero attached hydrogens (tertiary/aromatic N) is 1. The van der Waals surface area contributed by atoms with Crippen LogP contribution in [0.4, 0.5) is 0 Å². The molecular formula is C23H32ClNO3. The summed E-state index contributed by atoms with van der Waals surface area (Å²) in [7, 11) is 0. The lowest BCUT2D eigenvalue weighted by atomic mass is 9.72. The standard InChI is InChI=1S/C23H32ClNO3/c1-5-13-23(19(11-15-24)20(26)28-22(2,3)4)14-17-25(21(23)27)16-12-18-9-7-6-8-10-18/h5-10,13,19H,11-12,14-17H2,1-4H3. The number of amides is 1. The molecule has 0 N–H and O–H groups in total. The number of halogens is 1. The highest BCUT2D eigenvalue weighted by molar-refractivity contribution is 6.18. The van der Waals surface area contributed by atoms with Crippen LogP contribution < -0.4 is 0 Å². The van der Waals surface area contributed by atoms with Crippen molar-refractivity contribution < 1.29 is 14.3 Å². The van der Waals surface area contributed by atoms with Gasteiger partial charge in [0, 0.05) is 19.0 Å². The third-order valence-corrected chi connectivity index (χ3v) is 5.39. The van der Waals surface area contributed by atoms with Gasteiger partial charge >= 0.3 is 5.97 Å². The Morgan fingerprint density at radius 2 is 2.00 bits per heavy atom. The molecule has 1 saturated heterocycles. The zero-order chi connectivity index (χ0) is 20.8. The van der Waals surface area contributed by atoms with Crippen molar-refractivity contribution >= 4 is 23.5 Å². The van der Waals surface area contributed by atoms with Crippen molar-refractivity contribution in [3.8, 4) is 0 Å². The molecule has 0 saturated carbocycles. The topological polar surface area (TPSA) is 46.6 Å². The highest BCUT2D eigenvalue weighted by Crippen LogP contribution is 2.43. The molecule has 5 heteroatoms. The van der Waals surface area contributed by atoms with E-state index in [1.807, 2.05) is 62.9 Å². The first-order valence-electron chi connectivity index (χ1n) is 9.99. The summed E-state index contributed by atoms with van der Waals surface area (Å²) < 4.78 is 5.65. The summed E-state index contributed by atoms with van der Waals surface area (Å²) in [6.07, 6.45) is 5.57. The molecule has 1 aromatic carbocycles. The molecule has 1 aliphatic heterocycles. The Bertz CT molecular complexity index is 696. The second-order valence-electron chi connectivity index (χ2n) is 8.38. The average Bonchev–Trinajstić information content (AvgIpc) is 2.94. The normalized spacial score (nSPS) is 21.3. The number of alkyl halides is 1. The summed E-state index contributed by atoms with van der Waals surface area (Å²) in [5.41, 5.74) is -0.279. The van der Waals surface area contributed by atoms with Crippen LogP contribution in [0.15, 0.2) is 42.5 Å². The lowest BCUT2D eigenvalue weighted by Crippen LogP contribution is -2.44. The highest BCUT2D eigenvalue weighted by Gasteiger charge is 2.53. The molecule has 2 rings (SSSR count). The van der Waals surface area contributed by atoms with Crippen molar-refractivity contribution in [3.63, 3.8) is 0 Å². The van der Waals surface area contributed by atoms with Crippen molar-refractivity contribution in [2.24, 2.45) is 11.3 Å². The zero-order valence-corrected chi connectivity index (χ0v) is 18.2. The number of ether oxygens (including phenoxy) is 1. The summed E-state index contributed by atoms with van der Waals surface area (Å²) in [5, 5.41) is 0. The molecule has 154 valence electrons. The molecule has 1 fully saturated rings. The zero-order valence-electron chi connectivity index (χ0n) is 17.4. The summed E-state index contributed by atoms with van der Waals surface area (Å²) in [5.74, 6) is -0.609. The number of esters is 1. The first-order valence-corrected chi connectivity index (χ1v) is 10.5. The quantitative estimate of drug-likeness (QED) is 0.360. The van der Waals surface area contributed by atoms with Gasteiger partial charge in [0.15, 0.2) is 0 Å². The lowest BCUT2D eigenvalue weighted by Gasteiger charge is -2.34. The Morgan fingerprint density at radius 1 is 1.32 bits per heavy atom. The van der Waals surface area contributed by atoms with Gasteiger partial charge in [-0.05, 0) is 52.5 Å². The van der Waals surface area contributed by atoms with Gasteiger partial charge in [-0.2, -0.15) is 0 Å². The third kappa shape index (κ3) is 5.38. The van der Waals surface area contributed by atoms with Crippen LogP contribution in [0.2, 0.25) is 0 Å². The molecule has 1 aliphatic rings. The highest BCUT2D eigenvalue weighted by atomic mass is 35.5. The Morgan fingerprint density at radius 3 is 2.57 bits per heavy atom. The first kappa shape index (κ1) is 22.5. The van der Waals surface area contributed by atoms with E-state index in [2.05, 4.69) is 12.1 Å². The van der Waals surface area contributed by atoms with E-state index in [1.54, 1.807) is 0 Å². The van der Waals surface area contributed by atoms with Crippen LogP contribution in [-0.4, -0.2) is 41.3 Å². The van der Waals surface area contributed by atoms with E-state index in [9.17, 15) is 9.59 Å². The Balaban J connectivity index is 2.22. The van der Waals surface area contributed by atoms with Gasteiger partial charge in [0.1, 0.15) is 5.60 Å². The van der Waals surface area contributed by atoms with E-state index < -0.39 is 16.9 Å². The second-order valence-corrected chi connectivity index (χ2v) is 8.76. The van der Waals surface area contributed by atoms with Gasteiger partial charge in [0.25, 0.3) is 0 Å². The maximum Gasteiger partial charge on any atom is 0.310 e. The predicted octanol–water partition coefficient (Wildman–Crippen LogP) is 4.61. The minimum Gasteiger partial charge on any atom is -0.460 e. The van der Waals surface area contributed by atoms with E-state index in [4.69, 9.17) is 16.3 Å². The Kier molecular flexibility index (Phi) is 7.70. The van der Waals surface area contributed by atoms with Crippen LogP contribution in [0.25, 0.3) is 0 Å². The van der Waals surface area contributed by atoms with E-state index >= 15 is 0 Å². The lowest BCUT2D eigenvalue weighted by molar-refractivity contribution is -0.166. The van der Waals surface area contributed by atoms with Crippen LogP contribution in [-0.2, 0) is 20.7 Å². The van der Waals surface area contributed by atoms with Gasteiger partial charge in [0.2, 0.25) is 5.91 Å². The largest absolute Gasteiger partial charge is 0.460 e. The molecule has 2 atom stereocenters. The molecule has 0 radical (unpaired) electrons. The van der Waals surface area contributed by atoms with Gasteiger partial charge in [-0.15, -0.1) is 11.6 Å². The van der Waals surface area contributed by atoms with Crippen molar-refractivity contribution in [2.45, 2.75) is 52.6 Å². The molecule has 0 aliphatic carbocycles. The van der Waals surface area contributed by atoms with Crippen molar-refractivity contribution in [1.29, 1.82) is 0 Å². The minimum absolute atomic E-state index is 0.00232. The molecule has 1 heterocycles. The average molecular weight is 406 g/mol. The molecule has 1 aromatic rings. The summed E-state index contributed by atoms with van der Waals surface area (Å²) in [6.45, 7) is 8.69. The fraction of sp³-hybridized carbons (Fsp3) is 0.565. The maximum atomic E-state index is 13.4. The van der Waals surface area contributed by atoms with E-state index in [1.165, 1.54) is 5.56 Å². The van der Waals surface area contributed by atoms with Crippen LogP contribution in [0.5, 0.6) is 0 Å². The summed E-state index contributed by atoms with van der Waals surface area (Å²) >= 11 is 6.02. The number of hydrogen-bond acceptors (Lipinski definition) is 3. The van der Waals surface area contributed by atoms with Crippen LogP contribution in [0.3, 0.4) is 0 Å². The first-order chi connectivity index (χ1) is 13.2. The smallest absolute Gasteiger partial charge is 0.310 e. The third-order valence-electron chi connectivity index (χ3n) is 5.17. The van der Waals surface area contributed by atoms with Crippen molar-refractivity contribution in [1.82, 2.24) is 4.90 Å². The van der Waals surface area contributed by atoms with Gasteiger partial charge in [-0.3, -0.25) is 9.59 Å². The molecule has 4 nitrogen and oxygen atoms in total. The second kappa shape index (κ2) is 9.60. The molecule has 2 unspecified atom stereocenters. The minimum atomic E-state index is -0.872. The monoisotopic (exact) mass is 405 g/mol. The molecule has 0 spiro atoms. The Labute approximate surface area is 173 Å². The van der Waals surface area contributed by atoms with Gasteiger partial charge < -0.3 is 9.64 Å². The molecule has 0 bridgehead atoms. The number of allylic oxidation sites excluding steroid dienone is 1. The molecule has 1 amide bonds. The molecular weight excluding hydrogens is 374 g/mol.